The van der Waals surface area contributed by atoms with Crippen LogP contribution in [0.25, 0.3) is 0 Å². The van der Waals surface area contributed by atoms with Crippen LogP contribution in [0.3, 0.4) is 0 Å². The Hall–Kier alpha value is -0.970. The first kappa shape index (κ1) is 23.0. The molecule has 5 nitrogen and oxygen atoms in total. The number of nitrogens with zero attached hydrogens (tertiary/aromatic N) is 2. The predicted octanol–water partition coefficient (Wildman–Crippen LogP) is 3.71. The molecule has 1 heterocycles. The smallest absolute Gasteiger partial charge is 0.417 e. The molecule has 0 aliphatic rings. The maximum Gasteiger partial charge on any atom is 0.417 e. The van der Waals surface area contributed by atoms with Gasteiger partial charge in [0.25, 0.3) is 0 Å². The average Bonchev–Trinajstić information content (AvgIpc) is 2.50. The number of pyridine rings is 1. The van der Waals surface area contributed by atoms with E-state index in [-0.39, 0.29) is 47.5 Å². The molecule has 1 rings (SSSR count). The summed E-state index contributed by atoms with van der Waals surface area (Å²) < 4.78 is 42.8. The molecule has 0 radical (unpaired) electrons. The molecule has 2 N–H and O–H groups in total. The number of ether oxygens (including phenoxy) is 1. The van der Waals surface area contributed by atoms with Crippen LogP contribution < -0.4 is 15.4 Å². The number of halogens is 5. The quantitative estimate of drug-likeness (QED) is 0.282. The van der Waals surface area contributed by atoms with E-state index < -0.39 is 11.7 Å². The van der Waals surface area contributed by atoms with Crippen LogP contribution in [0.15, 0.2) is 17.3 Å². The van der Waals surface area contributed by atoms with Gasteiger partial charge < -0.3 is 15.4 Å². The number of alkyl halides is 3. The van der Waals surface area contributed by atoms with Crippen LogP contribution >= 0.6 is 35.6 Å². The Balaban J connectivity index is 0.00000529. The zero-order valence-corrected chi connectivity index (χ0v) is 16.7. The van der Waals surface area contributed by atoms with Crippen LogP contribution in [0.5, 0.6) is 5.88 Å². The van der Waals surface area contributed by atoms with Crippen molar-refractivity contribution in [3.05, 3.63) is 22.8 Å². The van der Waals surface area contributed by atoms with E-state index in [0.717, 1.165) is 12.5 Å². The Morgan fingerprint density at radius 1 is 1.46 bits per heavy atom. The van der Waals surface area contributed by atoms with Gasteiger partial charge in [0, 0.05) is 19.3 Å². The van der Waals surface area contributed by atoms with E-state index in [1.807, 2.05) is 13.8 Å². The molecule has 0 aliphatic heterocycles. The summed E-state index contributed by atoms with van der Waals surface area (Å²) >= 11 is 5.75. The second-order valence-electron chi connectivity index (χ2n) is 4.81. The van der Waals surface area contributed by atoms with Gasteiger partial charge in [0.2, 0.25) is 5.88 Å². The van der Waals surface area contributed by atoms with E-state index in [4.69, 9.17) is 16.3 Å². The lowest BCUT2D eigenvalue weighted by Gasteiger charge is -2.16. The van der Waals surface area contributed by atoms with Crippen molar-refractivity contribution in [1.82, 2.24) is 15.6 Å². The van der Waals surface area contributed by atoms with Crippen LogP contribution in [-0.4, -0.2) is 37.2 Å². The topological polar surface area (TPSA) is 58.5 Å². The van der Waals surface area contributed by atoms with E-state index in [9.17, 15) is 13.2 Å². The minimum absolute atomic E-state index is 0. The summed E-state index contributed by atoms with van der Waals surface area (Å²) in [5.41, 5.74) is -0.911. The molecule has 0 aromatic carbocycles. The minimum atomic E-state index is -4.48. The molecule has 0 aliphatic carbocycles. The molecule has 1 unspecified atom stereocenters. The van der Waals surface area contributed by atoms with Gasteiger partial charge >= 0.3 is 6.18 Å². The molecular formula is C14H21ClF3IN4O. The Kier molecular flexibility index (Phi) is 10.4. The first-order valence-electron chi connectivity index (χ1n) is 7.10. The highest BCUT2D eigenvalue weighted by atomic mass is 127. The fourth-order valence-corrected chi connectivity index (χ4v) is 1.75. The van der Waals surface area contributed by atoms with Crippen LogP contribution in [0, 0.1) is 0 Å². The van der Waals surface area contributed by atoms with E-state index in [2.05, 4.69) is 20.6 Å². The first-order valence-corrected chi connectivity index (χ1v) is 7.48. The van der Waals surface area contributed by atoms with E-state index >= 15 is 0 Å². The summed E-state index contributed by atoms with van der Waals surface area (Å²) in [5.74, 6) is 0.584. The first-order chi connectivity index (χ1) is 10.8. The third-order valence-corrected chi connectivity index (χ3v) is 3.26. The summed E-state index contributed by atoms with van der Waals surface area (Å²) in [7, 11) is 1.65. The summed E-state index contributed by atoms with van der Waals surface area (Å²) in [4.78, 5) is 7.64. The summed E-state index contributed by atoms with van der Waals surface area (Å²) in [6.07, 6.45) is -2.84. The fourth-order valence-electron chi connectivity index (χ4n) is 1.53. The molecule has 1 aromatic heterocycles. The van der Waals surface area contributed by atoms with Gasteiger partial charge in [-0.15, -0.1) is 24.0 Å². The number of rotatable bonds is 6. The van der Waals surface area contributed by atoms with Gasteiger partial charge in [0.1, 0.15) is 11.6 Å². The van der Waals surface area contributed by atoms with Gasteiger partial charge in [0.05, 0.1) is 12.1 Å². The molecule has 24 heavy (non-hydrogen) atoms. The van der Waals surface area contributed by atoms with Crippen molar-refractivity contribution in [1.29, 1.82) is 0 Å². The molecule has 0 fully saturated rings. The summed E-state index contributed by atoms with van der Waals surface area (Å²) in [5, 5.41) is 6.01. The Morgan fingerprint density at radius 2 is 2.12 bits per heavy atom. The molecule has 0 spiro atoms. The summed E-state index contributed by atoms with van der Waals surface area (Å²) in [6, 6.07) is 1.06. The van der Waals surface area contributed by atoms with Gasteiger partial charge in [-0.1, -0.05) is 18.5 Å². The number of hydrogen-bond acceptors (Lipinski definition) is 3. The van der Waals surface area contributed by atoms with Gasteiger partial charge in [-0.05, 0) is 19.4 Å². The monoisotopic (exact) mass is 480 g/mol. The Morgan fingerprint density at radius 3 is 2.62 bits per heavy atom. The number of aliphatic imine (C=N–C) groups is 1. The second-order valence-corrected chi connectivity index (χ2v) is 5.22. The molecule has 0 saturated heterocycles. The van der Waals surface area contributed by atoms with Gasteiger partial charge in [-0.25, -0.2) is 4.98 Å². The van der Waals surface area contributed by atoms with Crippen LogP contribution in [0.2, 0.25) is 5.02 Å². The number of nitrogens with one attached hydrogen (secondary N) is 2. The standard InChI is InChI=1S/C14H20ClF3N4O.HI/c1-4-9(2)22-13(19-3)20-5-6-23-12-11(15)7-10(8-21-12)14(16,17)18;/h7-9H,4-6H2,1-3H3,(H2,19,20,22);1H. The average molecular weight is 481 g/mol. The minimum Gasteiger partial charge on any atom is -0.475 e. The van der Waals surface area contributed by atoms with Crippen LogP contribution in [0.1, 0.15) is 25.8 Å². The molecule has 1 atom stereocenters. The second kappa shape index (κ2) is 10.8. The third-order valence-electron chi connectivity index (χ3n) is 2.99. The lowest BCUT2D eigenvalue weighted by atomic mass is 10.3. The Bertz CT molecular complexity index is 543. The van der Waals surface area contributed by atoms with Gasteiger partial charge in [0.15, 0.2) is 5.96 Å². The van der Waals surface area contributed by atoms with Crippen molar-refractivity contribution in [3.8, 4) is 5.88 Å². The largest absolute Gasteiger partial charge is 0.475 e. The lowest BCUT2D eigenvalue weighted by molar-refractivity contribution is -0.137. The molecule has 0 bridgehead atoms. The summed E-state index contributed by atoms with van der Waals surface area (Å²) in [6.45, 7) is 4.65. The fraction of sp³-hybridized carbons (Fsp3) is 0.571. The molecular weight excluding hydrogens is 460 g/mol. The van der Waals surface area contributed by atoms with Crippen LogP contribution in [-0.2, 0) is 6.18 Å². The van der Waals surface area contributed by atoms with Gasteiger partial charge in [-0.2, -0.15) is 13.2 Å². The molecule has 10 heteroatoms. The number of aromatic nitrogens is 1. The maximum atomic E-state index is 12.5. The van der Waals surface area contributed by atoms with Crippen molar-refractivity contribution in [3.63, 3.8) is 0 Å². The predicted molar refractivity (Wildman–Crippen MR) is 99.4 cm³/mol. The number of guanidine groups is 1. The molecule has 0 saturated carbocycles. The van der Waals surface area contributed by atoms with Crippen molar-refractivity contribution in [2.45, 2.75) is 32.5 Å². The molecule has 1 aromatic rings. The van der Waals surface area contributed by atoms with Crippen LogP contribution in [0.4, 0.5) is 13.2 Å². The zero-order valence-electron chi connectivity index (χ0n) is 13.6. The van der Waals surface area contributed by atoms with E-state index in [1.54, 1.807) is 7.05 Å². The number of hydrogen-bond donors (Lipinski definition) is 2. The Labute approximate surface area is 161 Å². The van der Waals surface area contributed by atoms with Gasteiger partial charge in [-0.3, -0.25) is 4.99 Å². The van der Waals surface area contributed by atoms with E-state index in [0.29, 0.717) is 18.7 Å². The van der Waals surface area contributed by atoms with Crippen molar-refractivity contribution >= 4 is 41.5 Å². The molecule has 138 valence electrons. The highest BCUT2D eigenvalue weighted by molar-refractivity contribution is 14.0. The van der Waals surface area contributed by atoms with Crippen molar-refractivity contribution < 1.29 is 17.9 Å². The normalized spacial score (nSPS) is 13.0. The van der Waals surface area contributed by atoms with Crippen molar-refractivity contribution in [2.24, 2.45) is 4.99 Å². The van der Waals surface area contributed by atoms with E-state index in [1.165, 1.54) is 0 Å². The highest BCUT2D eigenvalue weighted by Crippen LogP contribution is 2.32. The van der Waals surface area contributed by atoms with Crippen molar-refractivity contribution in [2.75, 3.05) is 20.2 Å². The highest BCUT2D eigenvalue weighted by Gasteiger charge is 2.31. The maximum absolute atomic E-state index is 12.5. The molecule has 0 amide bonds. The SMILES string of the molecule is CCC(C)NC(=NC)NCCOc1ncc(C(F)(F)F)cc1Cl.I. The zero-order chi connectivity index (χ0) is 17.5. The lowest BCUT2D eigenvalue weighted by Crippen LogP contribution is -2.43. The third kappa shape index (κ3) is 7.73.